The topological polar surface area (TPSA) is 119 Å². The van der Waals surface area contributed by atoms with Gasteiger partial charge in [0.2, 0.25) is 5.91 Å². The molecule has 3 aromatic rings. The summed E-state index contributed by atoms with van der Waals surface area (Å²) in [6, 6.07) is 22.3. The number of nitrogens with one attached hydrogen (secondary N) is 2. The van der Waals surface area contributed by atoms with Gasteiger partial charge in [0.05, 0.1) is 45.7 Å². The molecule has 1 saturated heterocycles. The molecule has 3 N–H and O–H groups in total. The molecule has 258 valence electrons. The monoisotopic (exact) mass is 659 g/mol. The van der Waals surface area contributed by atoms with Gasteiger partial charge in [0, 0.05) is 55.6 Å². The van der Waals surface area contributed by atoms with Gasteiger partial charge in [-0.05, 0) is 53.8 Å². The number of carbonyl (C=O) groups is 2. The summed E-state index contributed by atoms with van der Waals surface area (Å²) in [5, 5.41) is 16.3. The smallest absolute Gasteiger partial charge is 0.407 e. The highest BCUT2D eigenvalue weighted by molar-refractivity contribution is 5.72. The van der Waals surface area contributed by atoms with Crippen LogP contribution in [0.3, 0.4) is 0 Å². The van der Waals surface area contributed by atoms with Crippen molar-refractivity contribution in [1.29, 1.82) is 0 Å². The predicted molar refractivity (Wildman–Crippen MR) is 185 cm³/mol. The average molecular weight is 660 g/mol. The third kappa shape index (κ3) is 8.99. The van der Waals surface area contributed by atoms with Crippen molar-refractivity contribution in [2.75, 3.05) is 51.8 Å². The lowest BCUT2D eigenvalue weighted by Crippen LogP contribution is -2.46. The Morgan fingerprint density at radius 2 is 1.88 bits per heavy atom. The number of carboxylic acid groups (broad SMARTS) is 1. The second-order valence-electron chi connectivity index (χ2n) is 13.2. The third-order valence-electron chi connectivity index (χ3n) is 9.27. The molecule has 1 fully saturated rings. The van der Waals surface area contributed by atoms with Gasteiger partial charge in [-0.25, -0.2) is 4.79 Å². The fraction of sp³-hybridized carbons (Fsp3) is 0.474. The van der Waals surface area contributed by atoms with Gasteiger partial charge in [-0.1, -0.05) is 56.3 Å². The summed E-state index contributed by atoms with van der Waals surface area (Å²) in [5.74, 6) is 1.49. The molecule has 0 saturated carbocycles. The van der Waals surface area contributed by atoms with Gasteiger partial charge >= 0.3 is 6.09 Å². The minimum atomic E-state index is -0.948. The van der Waals surface area contributed by atoms with Crippen molar-refractivity contribution >= 4 is 17.7 Å². The molecule has 3 unspecified atom stereocenters. The van der Waals surface area contributed by atoms with Crippen molar-refractivity contribution < 1.29 is 33.6 Å². The largest absolute Gasteiger partial charge is 0.496 e. The van der Waals surface area contributed by atoms with E-state index in [0.29, 0.717) is 45.8 Å². The molecular formula is C38H49N3O7. The maximum atomic E-state index is 12.0. The minimum Gasteiger partial charge on any atom is -0.496 e. The number of hydrogen-bond acceptors (Lipinski definition) is 7. The van der Waals surface area contributed by atoms with E-state index >= 15 is 0 Å². The van der Waals surface area contributed by atoms with Crippen molar-refractivity contribution in [3.63, 3.8) is 0 Å². The maximum absolute atomic E-state index is 12.0. The Hall–Kier alpha value is -4.28. The third-order valence-corrected chi connectivity index (χ3v) is 9.27. The highest BCUT2D eigenvalue weighted by atomic mass is 16.5. The number of piperidine rings is 1. The van der Waals surface area contributed by atoms with Crippen molar-refractivity contribution in [2.45, 2.75) is 70.2 Å². The number of amides is 2. The van der Waals surface area contributed by atoms with Crippen LogP contribution in [0, 0.1) is 0 Å². The number of hydrogen-bond donors (Lipinski definition) is 3. The van der Waals surface area contributed by atoms with Gasteiger partial charge in [-0.3, -0.25) is 4.79 Å². The summed E-state index contributed by atoms with van der Waals surface area (Å²) in [6.07, 6.45) is 0.294. The lowest BCUT2D eigenvalue weighted by atomic mass is 9.85. The Bertz CT molecular complexity index is 1530. The molecule has 2 aliphatic rings. The second-order valence-corrected chi connectivity index (χ2v) is 13.2. The summed E-state index contributed by atoms with van der Waals surface area (Å²) in [4.78, 5) is 25.2. The summed E-state index contributed by atoms with van der Waals surface area (Å²) in [7, 11) is 1.66. The highest BCUT2D eigenvalue weighted by Crippen LogP contribution is 2.40. The molecule has 5 rings (SSSR count). The van der Waals surface area contributed by atoms with E-state index < -0.39 is 6.09 Å². The zero-order valence-corrected chi connectivity index (χ0v) is 28.5. The number of anilines is 1. The quantitative estimate of drug-likeness (QED) is 0.158. The lowest BCUT2D eigenvalue weighted by molar-refractivity contribution is -0.119. The fourth-order valence-corrected chi connectivity index (χ4v) is 6.59. The normalized spacial score (nSPS) is 18.8. The van der Waals surface area contributed by atoms with E-state index in [1.807, 2.05) is 36.4 Å². The number of ether oxygens (including phenoxy) is 4. The Labute approximate surface area is 283 Å². The van der Waals surface area contributed by atoms with Crippen molar-refractivity contribution in [3.05, 3.63) is 89.0 Å². The van der Waals surface area contributed by atoms with Crippen LogP contribution in [0.15, 0.2) is 66.7 Å². The van der Waals surface area contributed by atoms with Gasteiger partial charge in [-0.15, -0.1) is 0 Å². The number of carbonyl (C=O) groups excluding carboxylic acids is 1. The van der Waals surface area contributed by atoms with Crippen LogP contribution in [0.2, 0.25) is 0 Å². The number of nitrogens with zero attached hydrogens (tertiary/aromatic N) is 1. The molecule has 2 heterocycles. The Kier molecular flexibility index (Phi) is 11.8. The number of para-hydroxylation sites is 1. The first-order valence-electron chi connectivity index (χ1n) is 16.8. The summed E-state index contributed by atoms with van der Waals surface area (Å²) in [6.45, 7) is 9.53. The van der Waals surface area contributed by atoms with E-state index in [2.05, 4.69) is 54.8 Å². The zero-order valence-electron chi connectivity index (χ0n) is 28.5. The van der Waals surface area contributed by atoms with Gasteiger partial charge in [-0.2, -0.15) is 0 Å². The average Bonchev–Trinajstić information content (AvgIpc) is 3.39. The van der Waals surface area contributed by atoms with Crippen LogP contribution in [0.25, 0.3) is 0 Å². The molecule has 0 spiro atoms. The Morgan fingerprint density at radius 1 is 1.08 bits per heavy atom. The van der Waals surface area contributed by atoms with E-state index in [9.17, 15) is 14.7 Å². The first kappa shape index (κ1) is 35.0. The number of fused-ring (bicyclic) bond motifs is 1. The molecule has 3 aromatic carbocycles. The number of methoxy groups -OCH3 is 1. The molecular weight excluding hydrogens is 610 g/mol. The van der Waals surface area contributed by atoms with Crippen LogP contribution in [-0.2, 0) is 26.3 Å². The van der Waals surface area contributed by atoms with E-state index in [0.717, 1.165) is 46.8 Å². The van der Waals surface area contributed by atoms with Crippen molar-refractivity contribution in [1.82, 2.24) is 10.2 Å². The number of rotatable bonds is 15. The number of likely N-dealkylation sites (tertiary alicyclic amines) is 1. The minimum absolute atomic E-state index is 0.00669. The van der Waals surface area contributed by atoms with E-state index in [4.69, 9.17) is 18.9 Å². The van der Waals surface area contributed by atoms with E-state index in [1.54, 1.807) is 7.11 Å². The maximum Gasteiger partial charge on any atom is 0.407 e. The van der Waals surface area contributed by atoms with Crippen LogP contribution in [0.5, 0.6) is 11.5 Å². The van der Waals surface area contributed by atoms with Gasteiger partial charge in [0.25, 0.3) is 0 Å². The van der Waals surface area contributed by atoms with Crippen LogP contribution in [-0.4, -0.2) is 74.6 Å². The molecule has 3 atom stereocenters. The lowest BCUT2D eigenvalue weighted by Gasteiger charge is -2.39. The zero-order chi connectivity index (χ0) is 34.1. The SMILES string of the molecule is COc1ccccc1COCCCOc1ccc(C2CCN(C(=O)O)CC2OC(CCNC(C)=O)c2ccc3c(c2)NCC3(C)C)cc1. The Morgan fingerprint density at radius 3 is 2.62 bits per heavy atom. The van der Waals surface area contributed by atoms with Gasteiger partial charge < -0.3 is 39.6 Å². The van der Waals surface area contributed by atoms with Crippen LogP contribution in [0.4, 0.5) is 10.5 Å². The van der Waals surface area contributed by atoms with Crippen molar-refractivity contribution in [3.8, 4) is 11.5 Å². The van der Waals surface area contributed by atoms with Crippen LogP contribution >= 0.6 is 0 Å². The first-order chi connectivity index (χ1) is 23.1. The molecule has 0 aliphatic carbocycles. The summed E-state index contributed by atoms with van der Waals surface area (Å²) < 4.78 is 24.1. The van der Waals surface area contributed by atoms with Crippen molar-refractivity contribution in [2.24, 2.45) is 0 Å². The van der Waals surface area contributed by atoms with E-state index in [-0.39, 0.29) is 36.0 Å². The molecule has 10 nitrogen and oxygen atoms in total. The predicted octanol–water partition coefficient (Wildman–Crippen LogP) is 6.50. The second kappa shape index (κ2) is 16.2. The standard InChI is InChI=1S/C38H49N3O7/c1-26(42)39-18-16-35(28-12-15-32-33(22-28)40-25-38(32,2)3)48-36-23-41(37(43)44)19-17-31(36)27-10-13-30(14-11-27)47-21-7-20-46-24-29-8-5-6-9-34(29)45-4/h5-6,8-15,22,31,35-36,40H,7,16-21,23-25H2,1-4H3,(H,39,42)(H,43,44). The molecule has 48 heavy (non-hydrogen) atoms. The molecule has 0 bridgehead atoms. The van der Waals surface area contributed by atoms with Gasteiger partial charge in [0.15, 0.2) is 0 Å². The molecule has 2 aliphatic heterocycles. The first-order valence-corrected chi connectivity index (χ1v) is 16.8. The van der Waals surface area contributed by atoms with Crippen LogP contribution in [0.1, 0.15) is 74.3 Å². The fourth-order valence-electron chi connectivity index (χ4n) is 6.59. The number of benzene rings is 3. The van der Waals surface area contributed by atoms with Gasteiger partial charge in [0.1, 0.15) is 11.5 Å². The summed E-state index contributed by atoms with van der Waals surface area (Å²) >= 11 is 0. The van der Waals surface area contributed by atoms with Crippen LogP contribution < -0.4 is 20.1 Å². The summed E-state index contributed by atoms with van der Waals surface area (Å²) in [5.41, 5.74) is 5.50. The molecule has 10 heteroatoms. The molecule has 0 radical (unpaired) electrons. The molecule has 2 amide bonds. The molecule has 0 aromatic heterocycles. The highest BCUT2D eigenvalue weighted by Gasteiger charge is 2.36. The Balaban J connectivity index is 1.23. The van der Waals surface area contributed by atoms with E-state index in [1.165, 1.54) is 17.4 Å².